The average Bonchev–Trinajstić information content (AvgIpc) is 2.89. The van der Waals surface area contributed by atoms with Gasteiger partial charge in [0.15, 0.2) is 5.69 Å². The van der Waals surface area contributed by atoms with Gasteiger partial charge in [0.05, 0.1) is 5.39 Å². The van der Waals surface area contributed by atoms with Gasteiger partial charge in [-0.1, -0.05) is 44.2 Å². The zero-order valence-corrected chi connectivity index (χ0v) is 21.4. The number of fused-ring (bicyclic) bond motifs is 1. The molecule has 36 heavy (non-hydrogen) atoms. The molecule has 0 radical (unpaired) electrons. The molecule has 0 bridgehead atoms. The Hall–Kier alpha value is -3.23. The lowest BCUT2D eigenvalue weighted by Crippen LogP contribution is -2.38. The molecular weight excluding hydrogens is 456 g/mol. The number of ether oxygens (including phenoxy) is 2. The van der Waals surface area contributed by atoms with E-state index in [9.17, 15) is 9.59 Å². The zero-order chi connectivity index (χ0) is 25.5. The van der Waals surface area contributed by atoms with Crippen LogP contribution in [0.5, 0.6) is 5.75 Å². The topological polar surface area (TPSA) is 85.7 Å². The molecule has 0 aliphatic carbocycles. The summed E-state index contributed by atoms with van der Waals surface area (Å²) in [5.74, 6) is 0.691. The summed E-state index contributed by atoms with van der Waals surface area (Å²) in [6, 6.07) is 15.4. The Morgan fingerprint density at radius 1 is 1.17 bits per heavy atom. The molecule has 0 saturated carbocycles. The molecule has 4 rings (SSSR count). The molecule has 8 nitrogen and oxygen atoms in total. The Bertz CT molecular complexity index is 1230. The minimum Gasteiger partial charge on any atom is -0.492 e. The highest BCUT2D eigenvalue weighted by atomic mass is 16.5. The average molecular weight is 493 g/mol. The molecule has 1 saturated heterocycles. The van der Waals surface area contributed by atoms with E-state index >= 15 is 0 Å². The molecule has 1 N–H and O–H groups in total. The molecule has 8 heteroatoms. The summed E-state index contributed by atoms with van der Waals surface area (Å²) in [5, 5.41) is 8.44. The van der Waals surface area contributed by atoms with E-state index in [1.807, 2.05) is 44.2 Å². The van der Waals surface area contributed by atoms with E-state index in [0.29, 0.717) is 36.5 Å². The van der Waals surface area contributed by atoms with Crippen LogP contribution in [0.2, 0.25) is 0 Å². The van der Waals surface area contributed by atoms with Crippen molar-refractivity contribution in [3.05, 3.63) is 70.1 Å². The van der Waals surface area contributed by atoms with E-state index in [2.05, 4.69) is 22.4 Å². The molecule has 3 aromatic rings. The summed E-state index contributed by atoms with van der Waals surface area (Å²) >= 11 is 0. The molecule has 1 aromatic heterocycles. The number of amides is 1. The first-order chi connectivity index (χ1) is 17.4. The molecule has 1 aliphatic heterocycles. The van der Waals surface area contributed by atoms with Crippen LogP contribution >= 0.6 is 0 Å². The highest BCUT2D eigenvalue weighted by molar-refractivity contribution is 6.04. The molecule has 0 spiro atoms. The van der Waals surface area contributed by atoms with Gasteiger partial charge in [-0.2, -0.15) is 5.10 Å². The van der Waals surface area contributed by atoms with E-state index in [0.717, 1.165) is 43.9 Å². The fourth-order valence-corrected chi connectivity index (χ4v) is 4.50. The van der Waals surface area contributed by atoms with Gasteiger partial charge >= 0.3 is 0 Å². The second-order valence-electron chi connectivity index (χ2n) is 9.78. The van der Waals surface area contributed by atoms with Gasteiger partial charge in [0.2, 0.25) is 0 Å². The quantitative estimate of drug-likeness (QED) is 0.467. The summed E-state index contributed by atoms with van der Waals surface area (Å²) in [6.45, 7) is 7.90. The van der Waals surface area contributed by atoms with Crippen LogP contribution in [0.3, 0.4) is 0 Å². The number of benzene rings is 2. The van der Waals surface area contributed by atoms with Crippen molar-refractivity contribution in [2.24, 2.45) is 5.92 Å². The molecule has 0 atom stereocenters. The number of hydrogen-bond acceptors (Lipinski definition) is 6. The summed E-state index contributed by atoms with van der Waals surface area (Å²) in [4.78, 5) is 28.3. The molecule has 1 aliphatic rings. The number of carbonyl (C=O) groups is 1. The van der Waals surface area contributed by atoms with Gasteiger partial charge in [0.1, 0.15) is 12.4 Å². The first-order valence-electron chi connectivity index (χ1n) is 12.7. The molecule has 1 fully saturated rings. The summed E-state index contributed by atoms with van der Waals surface area (Å²) in [6.07, 6.45) is 2.12. The van der Waals surface area contributed by atoms with Crippen LogP contribution in [0.1, 0.15) is 42.7 Å². The van der Waals surface area contributed by atoms with Crippen molar-refractivity contribution < 1.29 is 14.3 Å². The molecule has 2 heterocycles. The fourth-order valence-electron chi connectivity index (χ4n) is 4.50. The number of aromatic nitrogens is 2. The molecule has 1 amide bonds. The molecule has 192 valence electrons. The normalized spacial score (nSPS) is 14.5. The van der Waals surface area contributed by atoms with Gasteiger partial charge in [-0.15, -0.1) is 0 Å². The van der Waals surface area contributed by atoms with Gasteiger partial charge in [0, 0.05) is 44.3 Å². The fraction of sp³-hybridized carbons (Fsp3) is 0.464. The number of hydrogen-bond donors (Lipinski definition) is 1. The smallest absolute Gasteiger partial charge is 0.274 e. The second kappa shape index (κ2) is 12.1. The minimum atomic E-state index is -0.312. The van der Waals surface area contributed by atoms with Crippen LogP contribution in [0.4, 0.5) is 0 Å². The van der Waals surface area contributed by atoms with Crippen molar-refractivity contribution in [3.63, 3.8) is 0 Å². The van der Waals surface area contributed by atoms with Gasteiger partial charge in [0.25, 0.3) is 11.5 Å². The van der Waals surface area contributed by atoms with Crippen molar-refractivity contribution in [2.45, 2.75) is 45.8 Å². The minimum absolute atomic E-state index is 0.178. The van der Waals surface area contributed by atoms with Crippen LogP contribution in [-0.2, 0) is 17.8 Å². The van der Waals surface area contributed by atoms with E-state index < -0.39 is 0 Å². The monoisotopic (exact) mass is 492 g/mol. The highest BCUT2D eigenvalue weighted by Crippen LogP contribution is 2.17. The Labute approximate surface area is 212 Å². The standard InChI is InChI=1S/C28H36N4O4/c1-20(2)19-32-28(34)25-10-5-4-9-24(25)26(30-32)27(33)29-18-21-7-6-8-23(17-21)36-16-13-31(3)22-11-14-35-15-12-22/h4-10,17,20,22H,11-16,18-19H2,1-3H3,(H,29,33). The van der Waals surface area contributed by atoms with Crippen LogP contribution in [0.15, 0.2) is 53.3 Å². The van der Waals surface area contributed by atoms with Crippen LogP contribution in [-0.4, -0.2) is 60.0 Å². The summed E-state index contributed by atoms with van der Waals surface area (Å²) < 4.78 is 12.8. The third-order valence-electron chi connectivity index (χ3n) is 6.50. The highest BCUT2D eigenvalue weighted by Gasteiger charge is 2.19. The van der Waals surface area contributed by atoms with Gasteiger partial charge in [-0.3, -0.25) is 14.5 Å². The second-order valence-corrected chi connectivity index (χ2v) is 9.78. The summed E-state index contributed by atoms with van der Waals surface area (Å²) in [7, 11) is 2.13. The Kier molecular flexibility index (Phi) is 8.72. The van der Waals surface area contributed by atoms with Gasteiger partial charge in [-0.25, -0.2) is 4.68 Å². The Morgan fingerprint density at radius 2 is 1.92 bits per heavy atom. The number of nitrogens with zero attached hydrogens (tertiary/aromatic N) is 3. The van der Waals surface area contributed by atoms with Gasteiger partial charge < -0.3 is 14.8 Å². The first kappa shape index (κ1) is 25.9. The molecule has 2 aromatic carbocycles. The SMILES string of the molecule is CC(C)Cn1nc(C(=O)NCc2cccc(OCCN(C)C3CCOCC3)c2)c2ccccc2c1=O. The number of carbonyl (C=O) groups excluding carboxylic acids is 1. The molecular formula is C28H36N4O4. The number of rotatable bonds is 10. The van der Waals surface area contributed by atoms with Crippen molar-refractivity contribution in [2.75, 3.05) is 33.4 Å². The van der Waals surface area contributed by atoms with E-state index in [-0.39, 0.29) is 23.1 Å². The maximum atomic E-state index is 13.1. The number of nitrogens with one attached hydrogen (secondary N) is 1. The lowest BCUT2D eigenvalue weighted by molar-refractivity contribution is 0.0392. The van der Waals surface area contributed by atoms with Crippen molar-refractivity contribution in [1.82, 2.24) is 20.0 Å². The van der Waals surface area contributed by atoms with Crippen molar-refractivity contribution in [1.29, 1.82) is 0 Å². The Morgan fingerprint density at radius 3 is 2.67 bits per heavy atom. The maximum absolute atomic E-state index is 13.1. The third kappa shape index (κ3) is 6.50. The Balaban J connectivity index is 1.38. The van der Waals surface area contributed by atoms with Crippen LogP contribution < -0.4 is 15.6 Å². The zero-order valence-electron chi connectivity index (χ0n) is 21.4. The molecule has 0 unspecified atom stereocenters. The van der Waals surface area contributed by atoms with Gasteiger partial charge in [-0.05, 0) is 49.6 Å². The first-order valence-corrected chi connectivity index (χ1v) is 12.7. The van der Waals surface area contributed by atoms with Crippen molar-refractivity contribution in [3.8, 4) is 5.75 Å². The maximum Gasteiger partial charge on any atom is 0.274 e. The van der Waals surface area contributed by atoms with Crippen LogP contribution in [0.25, 0.3) is 10.8 Å². The third-order valence-corrected chi connectivity index (χ3v) is 6.50. The van der Waals surface area contributed by atoms with E-state index in [4.69, 9.17) is 9.47 Å². The lowest BCUT2D eigenvalue weighted by atomic mass is 10.1. The van der Waals surface area contributed by atoms with E-state index in [1.165, 1.54) is 4.68 Å². The van der Waals surface area contributed by atoms with E-state index in [1.54, 1.807) is 18.2 Å². The predicted octanol–water partition coefficient (Wildman–Crippen LogP) is 3.47. The van der Waals surface area contributed by atoms with Crippen molar-refractivity contribution >= 4 is 16.7 Å². The predicted molar refractivity (Wildman–Crippen MR) is 140 cm³/mol. The van der Waals surface area contributed by atoms with Crippen LogP contribution in [0, 0.1) is 5.92 Å². The lowest BCUT2D eigenvalue weighted by Gasteiger charge is -2.31. The summed E-state index contributed by atoms with van der Waals surface area (Å²) in [5.41, 5.74) is 1.01. The number of likely N-dealkylation sites (N-methyl/N-ethyl adjacent to an activating group) is 1. The largest absolute Gasteiger partial charge is 0.492 e.